The second-order valence-corrected chi connectivity index (χ2v) is 9.06. The molecule has 4 nitrogen and oxygen atoms in total. The van der Waals surface area contributed by atoms with Crippen LogP contribution in [-0.4, -0.2) is 15.9 Å². The lowest BCUT2D eigenvalue weighted by Gasteiger charge is -2.19. The highest BCUT2D eigenvalue weighted by molar-refractivity contribution is 5.99. The molecule has 1 amide bonds. The number of alkyl halides is 3. The summed E-state index contributed by atoms with van der Waals surface area (Å²) < 4.78 is 38.2. The first-order valence-electron chi connectivity index (χ1n) is 10.8. The van der Waals surface area contributed by atoms with Gasteiger partial charge in [0, 0.05) is 16.7 Å². The molecule has 0 aliphatic carbocycles. The summed E-state index contributed by atoms with van der Waals surface area (Å²) in [5.41, 5.74) is 3.53. The number of hydrogen-bond donors (Lipinski definition) is 2. The second-order valence-electron chi connectivity index (χ2n) is 9.06. The number of imidazole rings is 1. The highest BCUT2D eigenvalue weighted by Gasteiger charge is 2.29. The molecule has 1 heterocycles. The lowest BCUT2D eigenvalue weighted by atomic mass is 9.95. The van der Waals surface area contributed by atoms with Crippen LogP contribution in [0, 0.1) is 5.41 Å². The van der Waals surface area contributed by atoms with Gasteiger partial charge in [-0.3, -0.25) is 4.79 Å². The predicted molar refractivity (Wildman–Crippen MR) is 130 cm³/mol. The number of hydrogen-bond acceptors (Lipinski definition) is 2. The van der Waals surface area contributed by atoms with Gasteiger partial charge in [0.05, 0.1) is 16.6 Å². The quantitative estimate of drug-likeness (QED) is 0.331. The van der Waals surface area contributed by atoms with Crippen LogP contribution in [-0.2, 0) is 11.0 Å². The van der Waals surface area contributed by atoms with Crippen molar-refractivity contribution >= 4 is 34.8 Å². The Balaban J connectivity index is 1.59. The molecule has 0 saturated heterocycles. The van der Waals surface area contributed by atoms with Crippen molar-refractivity contribution in [3.63, 3.8) is 0 Å². The maximum atomic E-state index is 12.7. The number of carbonyl (C=O) groups is 1. The molecule has 0 bridgehead atoms. The van der Waals surface area contributed by atoms with Gasteiger partial charge in [-0.05, 0) is 47.5 Å². The van der Waals surface area contributed by atoms with Crippen molar-refractivity contribution in [1.29, 1.82) is 0 Å². The number of carbonyl (C=O) groups excluding carboxylic acids is 1. The molecule has 0 fully saturated rings. The summed E-state index contributed by atoms with van der Waals surface area (Å²) in [5.74, 6) is 0.514. The molecule has 2 N–H and O–H groups in total. The SMILES string of the molecule is CC(C)(C)C(=O)Nc1ccccc1-c1ccc2nc(/C=C/c3ccc(C(F)(F)F)cc3)[nH]c2c1. The van der Waals surface area contributed by atoms with Gasteiger partial charge in [-0.2, -0.15) is 13.2 Å². The van der Waals surface area contributed by atoms with Gasteiger partial charge in [0.2, 0.25) is 5.91 Å². The summed E-state index contributed by atoms with van der Waals surface area (Å²) in [6.45, 7) is 5.59. The monoisotopic (exact) mass is 463 g/mol. The van der Waals surface area contributed by atoms with Crippen molar-refractivity contribution in [2.24, 2.45) is 5.41 Å². The number of aromatic amines is 1. The molecule has 0 saturated carbocycles. The molecule has 1 aromatic heterocycles. The van der Waals surface area contributed by atoms with Gasteiger partial charge in [-0.15, -0.1) is 0 Å². The molecule has 34 heavy (non-hydrogen) atoms. The van der Waals surface area contributed by atoms with Crippen molar-refractivity contribution in [3.05, 3.63) is 83.7 Å². The normalized spacial score (nSPS) is 12.4. The molecule has 0 atom stereocenters. The van der Waals surface area contributed by atoms with E-state index >= 15 is 0 Å². The molecule has 4 aromatic rings. The zero-order valence-corrected chi connectivity index (χ0v) is 19.0. The molecular formula is C27H24F3N3O. The third-order valence-corrected chi connectivity index (χ3v) is 5.34. The number of amides is 1. The number of para-hydroxylation sites is 1. The van der Waals surface area contributed by atoms with Gasteiger partial charge in [0.1, 0.15) is 5.82 Å². The van der Waals surface area contributed by atoms with Crippen LogP contribution in [0.1, 0.15) is 37.7 Å². The molecule has 7 heteroatoms. The Labute approximate surface area is 195 Å². The van der Waals surface area contributed by atoms with Crippen LogP contribution in [0.25, 0.3) is 34.3 Å². The van der Waals surface area contributed by atoms with Crippen LogP contribution in [0.2, 0.25) is 0 Å². The zero-order valence-electron chi connectivity index (χ0n) is 19.0. The van der Waals surface area contributed by atoms with Crippen LogP contribution in [0.15, 0.2) is 66.7 Å². The summed E-state index contributed by atoms with van der Waals surface area (Å²) in [7, 11) is 0. The molecule has 3 aromatic carbocycles. The van der Waals surface area contributed by atoms with E-state index in [4.69, 9.17) is 0 Å². The first-order chi connectivity index (χ1) is 16.0. The average Bonchev–Trinajstić information content (AvgIpc) is 3.19. The third kappa shape index (κ3) is 5.20. The number of rotatable bonds is 4. The Morgan fingerprint density at radius 2 is 1.65 bits per heavy atom. The van der Waals surface area contributed by atoms with Crippen LogP contribution in [0.3, 0.4) is 0 Å². The smallest absolute Gasteiger partial charge is 0.338 e. The van der Waals surface area contributed by atoms with Gasteiger partial charge in [-0.1, -0.05) is 63.2 Å². The fraction of sp³-hybridized carbons (Fsp3) is 0.185. The zero-order chi connectivity index (χ0) is 24.5. The van der Waals surface area contributed by atoms with Gasteiger partial charge < -0.3 is 10.3 Å². The average molecular weight is 464 g/mol. The van der Waals surface area contributed by atoms with E-state index in [-0.39, 0.29) is 5.91 Å². The number of fused-ring (bicyclic) bond motifs is 1. The number of aromatic nitrogens is 2. The minimum Gasteiger partial charge on any atom is -0.338 e. The molecule has 0 spiro atoms. The van der Waals surface area contributed by atoms with Crippen molar-refractivity contribution in [1.82, 2.24) is 9.97 Å². The Morgan fingerprint density at radius 1 is 0.941 bits per heavy atom. The van der Waals surface area contributed by atoms with E-state index in [1.165, 1.54) is 12.1 Å². The molecular weight excluding hydrogens is 439 g/mol. The Bertz CT molecular complexity index is 1360. The van der Waals surface area contributed by atoms with Gasteiger partial charge in [0.25, 0.3) is 0 Å². The highest BCUT2D eigenvalue weighted by Crippen LogP contribution is 2.32. The van der Waals surface area contributed by atoms with Gasteiger partial charge in [-0.25, -0.2) is 4.98 Å². The second kappa shape index (κ2) is 8.82. The first kappa shape index (κ1) is 23.3. The Hall–Kier alpha value is -3.87. The van der Waals surface area contributed by atoms with Crippen LogP contribution in [0.5, 0.6) is 0 Å². The lowest BCUT2D eigenvalue weighted by molar-refractivity contribution is -0.137. The molecule has 0 aliphatic heterocycles. The molecule has 174 valence electrons. The standard InChI is InChI=1S/C27H24F3N3O/c1-26(2,3)25(34)33-21-7-5-4-6-20(21)18-11-14-22-23(16-18)32-24(31-22)15-10-17-8-12-19(13-9-17)27(28,29)30/h4-16H,1-3H3,(H,31,32)(H,33,34)/b15-10+. The molecule has 0 aliphatic rings. The largest absolute Gasteiger partial charge is 0.416 e. The van der Waals surface area contributed by atoms with E-state index in [2.05, 4.69) is 15.3 Å². The fourth-order valence-corrected chi connectivity index (χ4v) is 3.39. The van der Waals surface area contributed by atoms with Crippen molar-refractivity contribution in [2.45, 2.75) is 26.9 Å². The minimum atomic E-state index is -4.35. The predicted octanol–water partition coefficient (Wildman–Crippen LogP) is 7.40. The van der Waals surface area contributed by atoms with E-state index in [9.17, 15) is 18.0 Å². The Kier molecular flexibility index (Phi) is 6.04. The van der Waals surface area contributed by atoms with Gasteiger partial charge in [0.15, 0.2) is 0 Å². The molecule has 0 unspecified atom stereocenters. The van der Waals surface area contributed by atoms with Crippen molar-refractivity contribution < 1.29 is 18.0 Å². The fourth-order valence-electron chi connectivity index (χ4n) is 3.39. The van der Waals surface area contributed by atoms with E-state index < -0.39 is 17.2 Å². The maximum Gasteiger partial charge on any atom is 0.416 e. The van der Waals surface area contributed by atoms with Crippen LogP contribution in [0.4, 0.5) is 18.9 Å². The van der Waals surface area contributed by atoms with Crippen LogP contribution < -0.4 is 5.32 Å². The van der Waals surface area contributed by atoms with Crippen molar-refractivity contribution in [2.75, 3.05) is 5.32 Å². The summed E-state index contributed by atoms with van der Waals surface area (Å²) in [4.78, 5) is 20.3. The maximum absolute atomic E-state index is 12.7. The summed E-state index contributed by atoms with van der Waals surface area (Å²) in [5, 5.41) is 3.01. The van der Waals surface area contributed by atoms with Crippen molar-refractivity contribution in [3.8, 4) is 11.1 Å². The minimum absolute atomic E-state index is 0.0711. The molecule has 0 radical (unpaired) electrons. The van der Waals surface area contributed by atoms with Gasteiger partial charge >= 0.3 is 6.18 Å². The highest BCUT2D eigenvalue weighted by atomic mass is 19.4. The number of anilines is 1. The number of H-pyrrole nitrogens is 1. The number of halogens is 3. The number of benzene rings is 3. The first-order valence-corrected chi connectivity index (χ1v) is 10.8. The van der Waals surface area contributed by atoms with E-state index in [0.717, 1.165) is 40.0 Å². The van der Waals surface area contributed by atoms with Crippen LogP contribution >= 0.6 is 0 Å². The van der Waals surface area contributed by atoms with E-state index in [1.807, 2.05) is 63.2 Å². The Morgan fingerprint density at radius 3 is 2.32 bits per heavy atom. The summed E-state index contributed by atoms with van der Waals surface area (Å²) >= 11 is 0. The van der Waals surface area contributed by atoms with E-state index in [0.29, 0.717) is 11.4 Å². The number of nitrogens with zero attached hydrogens (tertiary/aromatic N) is 1. The lowest BCUT2D eigenvalue weighted by Crippen LogP contribution is -2.27. The third-order valence-electron chi connectivity index (χ3n) is 5.34. The summed E-state index contributed by atoms with van der Waals surface area (Å²) in [6.07, 6.45) is -0.928. The van der Waals surface area contributed by atoms with E-state index in [1.54, 1.807) is 12.2 Å². The summed E-state index contributed by atoms with van der Waals surface area (Å²) in [6, 6.07) is 18.3. The topological polar surface area (TPSA) is 57.8 Å². The molecule has 4 rings (SSSR count). The number of nitrogens with one attached hydrogen (secondary N) is 2.